The number of amides is 1. The lowest BCUT2D eigenvalue weighted by atomic mass is 10.2. The van der Waals surface area contributed by atoms with E-state index in [1.54, 1.807) is 0 Å². The highest BCUT2D eigenvalue weighted by atomic mass is 79.9. The van der Waals surface area contributed by atoms with Gasteiger partial charge in [-0.3, -0.25) is 4.79 Å². The molecule has 0 bridgehead atoms. The standard InChI is InChI=1S/C13H18BrClN2O/c1-9(2)13(18)17-6-5-16-8-10-3-4-11(15)7-12(10)14/h3-4,7,9,16H,5-6,8H2,1-2H3,(H,17,18). The minimum absolute atomic E-state index is 0.0374. The monoisotopic (exact) mass is 332 g/mol. The Kier molecular flexibility index (Phi) is 6.68. The van der Waals surface area contributed by atoms with Crippen LogP contribution in [-0.2, 0) is 11.3 Å². The molecule has 3 nitrogen and oxygen atoms in total. The van der Waals surface area contributed by atoms with E-state index in [1.807, 2.05) is 32.0 Å². The molecule has 1 rings (SSSR count). The minimum Gasteiger partial charge on any atom is -0.355 e. The van der Waals surface area contributed by atoms with Crippen LogP contribution >= 0.6 is 27.5 Å². The third-order valence-corrected chi connectivity index (χ3v) is 3.43. The van der Waals surface area contributed by atoms with Crippen LogP contribution in [0, 0.1) is 5.92 Å². The first-order valence-electron chi connectivity index (χ1n) is 5.93. The molecule has 0 saturated heterocycles. The van der Waals surface area contributed by atoms with Crippen LogP contribution in [0.15, 0.2) is 22.7 Å². The van der Waals surface area contributed by atoms with Crippen molar-refractivity contribution in [1.29, 1.82) is 0 Å². The largest absolute Gasteiger partial charge is 0.355 e. The topological polar surface area (TPSA) is 41.1 Å². The smallest absolute Gasteiger partial charge is 0.222 e. The Balaban J connectivity index is 2.24. The zero-order chi connectivity index (χ0) is 13.5. The van der Waals surface area contributed by atoms with E-state index in [1.165, 1.54) is 0 Å². The van der Waals surface area contributed by atoms with Crippen LogP contribution in [0.1, 0.15) is 19.4 Å². The van der Waals surface area contributed by atoms with Gasteiger partial charge in [0, 0.05) is 35.0 Å². The van der Waals surface area contributed by atoms with E-state index in [0.29, 0.717) is 6.54 Å². The molecule has 2 N–H and O–H groups in total. The Morgan fingerprint density at radius 1 is 1.39 bits per heavy atom. The van der Waals surface area contributed by atoms with Gasteiger partial charge in [0.25, 0.3) is 0 Å². The van der Waals surface area contributed by atoms with Crippen molar-refractivity contribution in [3.05, 3.63) is 33.3 Å². The highest BCUT2D eigenvalue weighted by molar-refractivity contribution is 9.10. The van der Waals surface area contributed by atoms with Gasteiger partial charge in [-0.15, -0.1) is 0 Å². The molecule has 18 heavy (non-hydrogen) atoms. The summed E-state index contributed by atoms with van der Waals surface area (Å²) in [4.78, 5) is 11.3. The van der Waals surface area contributed by atoms with Crippen molar-refractivity contribution in [2.45, 2.75) is 20.4 Å². The highest BCUT2D eigenvalue weighted by Gasteiger charge is 2.05. The first-order valence-corrected chi connectivity index (χ1v) is 7.10. The Bertz CT molecular complexity index is 410. The summed E-state index contributed by atoms with van der Waals surface area (Å²) >= 11 is 9.33. The quantitative estimate of drug-likeness (QED) is 0.786. The van der Waals surface area contributed by atoms with Crippen LogP contribution in [0.3, 0.4) is 0 Å². The summed E-state index contributed by atoms with van der Waals surface area (Å²) in [6.07, 6.45) is 0. The van der Waals surface area contributed by atoms with E-state index in [2.05, 4.69) is 26.6 Å². The minimum atomic E-state index is 0.0374. The predicted octanol–water partition coefficient (Wildman–Crippen LogP) is 2.96. The predicted molar refractivity (Wildman–Crippen MR) is 78.7 cm³/mol. The van der Waals surface area contributed by atoms with Gasteiger partial charge in [-0.1, -0.05) is 47.4 Å². The van der Waals surface area contributed by atoms with Gasteiger partial charge in [0.15, 0.2) is 0 Å². The fourth-order valence-corrected chi connectivity index (χ4v) is 2.19. The molecule has 0 atom stereocenters. The number of carbonyl (C=O) groups excluding carboxylic acids is 1. The third kappa shape index (κ3) is 5.38. The number of carbonyl (C=O) groups is 1. The first-order chi connectivity index (χ1) is 8.50. The van der Waals surface area contributed by atoms with Gasteiger partial charge >= 0.3 is 0 Å². The lowest BCUT2D eigenvalue weighted by Gasteiger charge is -2.09. The van der Waals surface area contributed by atoms with E-state index in [4.69, 9.17) is 11.6 Å². The lowest BCUT2D eigenvalue weighted by molar-refractivity contribution is -0.123. The van der Waals surface area contributed by atoms with Crippen molar-refractivity contribution in [3.63, 3.8) is 0 Å². The van der Waals surface area contributed by atoms with E-state index in [0.717, 1.165) is 28.1 Å². The molecular formula is C13H18BrClN2O. The normalized spacial score (nSPS) is 10.7. The number of hydrogen-bond donors (Lipinski definition) is 2. The summed E-state index contributed by atoms with van der Waals surface area (Å²) in [5, 5.41) is 6.84. The zero-order valence-corrected chi connectivity index (χ0v) is 12.9. The maximum atomic E-state index is 11.3. The van der Waals surface area contributed by atoms with Crippen LogP contribution in [0.25, 0.3) is 0 Å². The molecule has 0 aliphatic carbocycles. The molecule has 0 aromatic heterocycles. The number of rotatable bonds is 6. The van der Waals surface area contributed by atoms with Crippen molar-refractivity contribution < 1.29 is 4.79 Å². The molecule has 0 unspecified atom stereocenters. The number of benzene rings is 1. The van der Waals surface area contributed by atoms with Crippen molar-refractivity contribution in [3.8, 4) is 0 Å². The molecule has 0 spiro atoms. The maximum Gasteiger partial charge on any atom is 0.222 e. The van der Waals surface area contributed by atoms with Crippen LogP contribution in [0.4, 0.5) is 0 Å². The second kappa shape index (κ2) is 7.77. The average molecular weight is 334 g/mol. The van der Waals surface area contributed by atoms with Crippen molar-refractivity contribution in [2.24, 2.45) is 5.92 Å². The SMILES string of the molecule is CC(C)C(=O)NCCNCc1ccc(Cl)cc1Br. The van der Waals surface area contributed by atoms with Gasteiger partial charge in [0.2, 0.25) is 5.91 Å². The third-order valence-electron chi connectivity index (χ3n) is 2.46. The first kappa shape index (κ1) is 15.5. The molecule has 0 aliphatic heterocycles. The molecule has 0 fully saturated rings. The Hall–Kier alpha value is -0.580. The van der Waals surface area contributed by atoms with Gasteiger partial charge < -0.3 is 10.6 Å². The average Bonchev–Trinajstić information content (AvgIpc) is 2.30. The van der Waals surface area contributed by atoms with Gasteiger partial charge in [-0.05, 0) is 17.7 Å². The van der Waals surface area contributed by atoms with Crippen LogP contribution < -0.4 is 10.6 Å². The van der Waals surface area contributed by atoms with Crippen molar-refractivity contribution in [2.75, 3.05) is 13.1 Å². The fourth-order valence-electron chi connectivity index (χ4n) is 1.37. The van der Waals surface area contributed by atoms with Crippen molar-refractivity contribution in [1.82, 2.24) is 10.6 Å². The summed E-state index contributed by atoms with van der Waals surface area (Å²) in [5.74, 6) is 0.125. The zero-order valence-electron chi connectivity index (χ0n) is 10.6. The number of halogens is 2. The number of hydrogen-bond acceptors (Lipinski definition) is 2. The molecule has 0 saturated carbocycles. The van der Waals surface area contributed by atoms with Gasteiger partial charge in [-0.2, -0.15) is 0 Å². The molecule has 5 heteroatoms. The van der Waals surface area contributed by atoms with E-state index < -0.39 is 0 Å². The second-order valence-electron chi connectivity index (χ2n) is 4.36. The van der Waals surface area contributed by atoms with E-state index in [-0.39, 0.29) is 11.8 Å². The molecule has 1 aromatic rings. The molecule has 0 heterocycles. The Morgan fingerprint density at radius 3 is 2.72 bits per heavy atom. The van der Waals surface area contributed by atoms with Gasteiger partial charge in [0.05, 0.1) is 0 Å². The molecular weight excluding hydrogens is 316 g/mol. The number of nitrogens with one attached hydrogen (secondary N) is 2. The van der Waals surface area contributed by atoms with Gasteiger partial charge in [-0.25, -0.2) is 0 Å². The van der Waals surface area contributed by atoms with E-state index >= 15 is 0 Å². The van der Waals surface area contributed by atoms with E-state index in [9.17, 15) is 4.79 Å². The van der Waals surface area contributed by atoms with Crippen LogP contribution in [0.2, 0.25) is 5.02 Å². The Morgan fingerprint density at radius 2 is 2.11 bits per heavy atom. The molecule has 1 amide bonds. The molecule has 0 radical (unpaired) electrons. The summed E-state index contributed by atoms with van der Waals surface area (Å²) in [6, 6.07) is 5.72. The fraction of sp³-hybridized carbons (Fsp3) is 0.462. The van der Waals surface area contributed by atoms with Crippen LogP contribution in [0.5, 0.6) is 0 Å². The molecule has 0 aliphatic rings. The second-order valence-corrected chi connectivity index (χ2v) is 5.65. The highest BCUT2D eigenvalue weighted by Crippen LogP contribution is 2.21. The summed E-state index contributed by atoms with van der Waals surface area (Å²) in [6.45, 7) is 5.90. The maximum absolute atomic E-state index is 11.3. The summed E-state index contributed by atoms with van der Waals surface area (Å²) < 4.78 is 0.994. The van der Waals surface area contributed by atoms with Crippen LogP contribution in [-0.4, -0.2) is 19.0 Å². The lowest BCUT2D eigenvalue weighted by Crippen LogP contribution is -2.34. The summed E-state index contributed by atoms with van der Waals surface area (Å²) in [5.41, 5.74) is 1.15. The molecule has 1 aromatic carbocycles. The Labute approximate surface area is 121 Å². The summed E-state index contributed by atoms with van der Waals surface area (Å²) in [7, 11) is 0. The van der Waals surface area contributed by atoms with Gasteiger partial charge in [0.1, 0.15) is 0 Å². The molecule has 100 valence electrons. The van der Waals surface area contributed by atoms with Crippen molar-refractivity contribution >= 4 is 33.4 Å².